The van der Waals surface area contributed by atoms with Crippen LogP contribution in [0.15, 0.2) is 18.3 Å². The maximum Gasteiger partial charge on any atom is 0.410 e. The Hall–Kier alpha value is -3.58. The van der Waals surface area contributed by atoms with E-state index in [9.17, 15) is 4.79 Å². The molecule has 1 saturated heterocycles. The van der Waals surface area contributed by atoms with Gasteiger partial charge in [0.05, 0.1) is 23.8 Å². The van der Waals surface area contributed by atoms with E-state index in [0.717, 1.165) is 19.3 Å². The first-order valence-electron chi connectivity index (χ1n) is 13.0. The minimum absolute atomic E-state index is 0.275. The van der Waals surface area contributed by atoms with Gasteiger partial charge in [-0.3, -0.25) is 0 Å². The van der Waals surface area contributed by atoms with Gasteiger partial charge in [-0.05, 0) is 65.9 Å². The first kappa shape index (κ1) is 27.5. The Morgan fingerprint density at radius 3 is 2.74 bits per heavy atom. The smallest absolute Gasteiger partial charge is 0.410 e. The van der Waals surface area contributed by atoms with E-state index in [1.807, 2.05) is 34.6 Å². The highest BCUT2D eigenvalue weighted by atomic mass is 19.1. The highest BCUT2D eigenvalue weighted by molar-refractivity contribution is 5.90. The summed E-state index contributed by atoms with van der Waals surface area (Å²) >= 11 is 0. The first-order valence-corrected chi connectivity index (χ1v) is 13.0. The molecule has 1 aromatic carbocycles. The monoisotopic (exact) mass is 525 g/mol. The van der Waals surface area contributed by atoms with E-state index in [2.05, 4.69) is 16.1 Å². The van der Waals surface area contributed by atoms with Crippen LogP contribution in [-0.2, 0) is 16.5 Å². The van der Waals surface area contributed by atoms with Crippen LogP contribution in [0, 0.1) is 18.2 Å². The first-order chi connectivity index (χ1) is 18.0. The molecule has 1 unspecified atom stereocenters. The van der Waals surface area contributed by atoms with Crippen LogP contribution in [0.25, 0.3) is 22.0 Å². The molecule has 4 rings (SSSR count). The van der Waals surface area contributed by atoms with Gasteiger partial charge in [0.15, 0.2) is 6.23 Å². The second-order valence-corrected chi connectivity index (χ2v) is 10.5. The Balaban J connectivity index is 1.63. The average Bonchev–Trinajstić information content (AvgIpc) is 3.41. The number of benzene rings is 1. The molecule has 10 heteroatoms. The van der Waals surface area contributed by atoms with Gasteiger partial charge in [0, 0.05) is 37.2 Å². The van der Waals surface area contributed by atoms with Crippen LogP contribution < -0.4 is 4.74 Å². The van der Waals surface area contributed by atoms with E-state index in [1.54, 1.807) is 33.6 Å². The number of hydrogen-bond donors (Lipinski definition) is 0. The van der Waals surface area contributed by atoms with Gasteiger partial charge in [-0.15, -0.1) is 6.42 Å². The number of halogens is 1. The summed E-state index contributed by atoms with van der Waals surface area (Å²) in [4.78, 5) is 14.1. The molecule has 3 heterocycles. The zero-order valence-electron chi connectivity index (χ0n) is 23.0. The standard InChI is InChI=1S/C28H36FN5O4/c1-8-23-20-14-19(22(29)15-24(20)34(31-23)25-12-10-11-13-36-25)21-16-30-32(7)26(21)37-18(3)17-33(9-2)27(35)38-28(4,5)6/h1,14-16,18,25H,9-13,17H2,2-7H3/t18-,25?/m0/s1. The van der Waals surface area contributed by atoms with Gasteiger partial charge in [0.25, 0.3) is 0 Å². The SMILES string of the molecule is C#Cc1nn(C2CCCCO2)c2cc(F)c(-c3cnn(C)c3O[C@@H](C)CN(CC)C(=O)OC(C)(C)C)cc12. The molecule has 0 spiro atoms. The van der Waals surface area contributed by atoms with Gasteiger partial charge in [-0.2, -0.15) is 10.2 Å². The average molecular weight is 526 g/mol. The lowest BCUT2D eigenvalue weighted by Gasteiger charge is -2.28. The molecular weight excluding hydrogens is 489 g/mol. The summed E-state index contributed by atoms with van der Waals surface area (Å²) in [7, 11) is 1.72. The fourth-order valence-corrected chi connectivity index (χ4v) is 4.55. The van der Waals surface area contributed by atoms with Crippen LogP contribution in [0.5, 0.6) is 5.88 Å². The Labute approximate surface area is 222 Å². The van der Waals surface area contributed by atoms with Crippen molar-refractivity contribution in [3.63, 3.8) is 0 Å². The van der Waals surface area contributed by atoms with Gasteiger partial charge >= 0.3 is 6.09 Å². The van der Waals surface area contributed by atoms with Crippen molar-refractivity contribution < 1.29 is 23.4 Å². The zero-order valence-corrected chi connectivity index (χ0v) is 23.0. The zero-order chi connectivity index (χ0) is 27.6. The summed E-state index contributed by atoms with van der Waals surface area (Å²) in [5.74, 6) is 2.55. The summed E-state index contributed by atoms with van der Waals surface area (Å²) in [5.41, 5.74) is 1.18. The summed E-state index contributed by atoms with van der Waals surface area (Å²) in [5, 5.41) is 9.52. The number of likely N-dealkylation sites (N-methyl/N-ethyl adjacent to an activating group) is 1. The molecule has 0 radical (unpaired) electrons. The van der Waals surface area contributed by atoms with Gasteiger partial charge in [-0.25, -0.2) is 18.5 Å². The third-order valence-corrected chi connectivity index (χ3v) is 6.36. The molecule has 9 nitrogen and oxygen atoms in total. The van der Waals surface area contributed by atoms with Crippen LogP contribution >= 0.6 is 0 Å². The fourth-order valence-electron chi connectivity index (χ4n) is 4.55. The molecule has 0 N–H and O–H groups in total. The van der Waals surface area contributed by atoms with Crippen molar-refractivity contribution in [1.82, 2.24) is 24.5 Å². The highest BCUT2D eigenvalue weighted by Crippen LogP contribution is 2.37. The normalized spacial score (nSPS) is 16.7. The van der Waals surface area contributed by atoms with Gasteiger partial charge in [0.2, 0.25) is 5.88 Å². The molecule has 204 valence electrons. The number of terminal acetylenes is 1. The number of amides is 1. The number of carbonyl (C=O) groups excluding carboxylic acids is 1. The van der Waals surface area contributed by atoms with Crippen molar-refractivity contribution >= 4 is 17.0 Å². The van der Waals surface area contributed by atoms with Gasteiger partial charge < -0.3 is 19.1 Å². The fraction of sp³-hybridized carbons (Fsp3) is 0.536. The van der Waals surface area contributed by atoms with E-state index in [-0.39, 0.29) is 12.8 Å². The molecule has 1 aliphatic heterocycles. The summed E-state index contributed by atoms with van der Waals surface area (Å²) < 4.78 is 36.4. The largest absolute Gasteiger partial charge is 0.472 e. The van der Waals surface area contributed by atoms with E-state index in [0.29, 0.717) is 46.8 Å². The van der Waals surface area contributed by atoms with Crippen molar-refractivity contribution in [1.29, 1.82) is 0 Å². The van der Waals surface area contributed by atoms with Crippen molar-refractivity contribution in [2.75, 3.05) is 19.7 Å². The van der Waals surface area contributed by atoms with E-state index < -0.39 is 23.6 Å². The van der Waals surface area contributed by atoms with Gasteiger partial charge in [0.1, 0.15) is 23.2 Å². The molecule has 0 aliphatic carbocycles. The molecule has 1 amide bonds. The number of hydrogen-bond acceptors (Lipinski definition) is 6. The number of fused-ring (bicyclic) bond motifs is 1. The van der Waals surface area contributed by atoms with Gasteiger partial charge in [-0.1, -0.05) is 0 Å². The van der Waals surface area contributed by atoms with Crippen LogP contribution in [-0.4, -0.2) is 62.0 Å². The summed E-state index contributed by atoms with van der Waals surface area (Å²) in [6.07, 6.45) is 9.00. The number of aromatic nitrogens is 4. The Bertz CT molecular complexity index is 1340. The maximum absolute atomic E-state index is 15.6. The number of rotatable bonds is 7. The predicted octanol–water partition coefficient (Wildman–Crippen LogP) is 5.28. The van der Waals surface area contributed by atoms with E-state index in [1.165, 1.54) is 6.07 Å². The quantitative estimate of drug-likeness (QED) is 0.390. The molecule has 1 aliphatic rings. The molecular formula is C28H36FN5O4. The number of aryl methyl sites for hydroxylation is 1. The van der Waals surface area contributed by atoms with Crippen molar-refractivity contribution in [2.45, 2.75) is 71.8 Å². The Kier molecular flexibility index (Phi) is 7.97. The predicted molar refractivity (Wildman–Crippen MR) is 142 cm³/mol. The third kappa shape index (κ3) is 5.78. The van der Waals surface area contributed by atoms with E-state index in [4.69, 9.17) is 20.6 Å². The lowest BCUT2D eigenvalue weighted by Crippen LogP contribution is -2.41. The number of nitrogens with zero attached hydrogens (tertiary/aromatic N) is 5. The molecule has 38 heavy (non-hydrogen) atoms. The lowest BCUT2D eigenvalue weighted by atomic mass is 10.0. The Morgan fingerprint density at radius 1 is 1.34 bits per heavy atom. The molecule has 1 fully saturated rings. The van der Waals surface area contributed by atoms with Crippen LogP contribution in [0.3, 0.4) is 0 Å². The lowest BCUT2D eigenvalue weighted by molar-refractivity contribution is -0.0367. The number of ether oxygens (including phenoxy) is 3. The van der Waals surface area contributed by atoms with E-state index >= 15 is 4.39 Å². The summed E-state index contributed by atoms with van der Waals surface area (Å²) in [6, 6.07) is 3.14. The van der Waals surface area contributed by atoms with Crippen molar-refractivity contribution in [3.8, 4) is 29.4 Å². The number of carbonyl (C=O) groups is 1. The summed E-state index contributed by atoms with van der Waals surface area (Å²) in [6.45, 7) is 10.6. The third-order valence-electron chi connectivity index (χ3n) is 6.36. The molecule has 2 atom stereocenters. The van der Waals surface area contributed by atoms with Crippen molar-refractivity contribution in [3.05, 3.63) is 29.8 Å². The molecule has 0 bridgehead atoms. The topological polar surface area (TPSA) is 83.6 Å². The highest BCUT2D eigenvalue weighted by Gasteiger charge is 2.26. The van der Waals surface area contributed by atoms with Crippen molar-refractivity contribution in [2.24, 2.45) is 7.05 Å². The Morgan fingerprint density at radius 2 is 2.11 bits per heavy atom. The minimum Gasteiger partial charge on any atom is -0.472 e. The molecule has 2 aromatic heterocycles. The minimum atomic E-state index is -0.603. The second-order valence-electron chi connectivity index (χ2n) is 10.5. The van der Waals surface area contributed by atoms with Crippen LogP contribution in [0.2, 0.25) is 0 Å². The second kappa shape index (κ2) is 11.0. The van der Waals surface area contributed by atoms with Crippen LogP contribution in [0.1, 0.15) is 65.8 Å². The maximum atomic E-state index is 15.6. The molecule has 3 aromatic rings. The molecule has 0 saturated carbocycles. The van der Waals surface area contributed by atoms with Crippen LogP contribution in [0.4, 0.5) is 9.18 Å².